The molecule has 2 nitrogen and oxygen atoms in total. The van der Waals surface area contributed by atoms with Gasteiger partial charge in [0.15, 0.2) is 0 Å². The summed E-state index contributed by atoms with van der Waals surface area (Å²) in [5, 5.41) is 0. The van der Waals surface area contributed by atoms with E-state index < -0.39 is 0 Å². The van der Waals surface area contributed by atoms with Crippen LogP contribution >= 0.6 is 15.9 Å². The molecule has 0 aromatic heterocycles. The quantitative estimate of drug-likeness (QED) is 0.917. The molecule has 0 aliphatic rings. The SMILES string of the molecule is CC(N)c1cc(Br)ccc1Oc1ccccc1. The summed E-state index contributed by atoms with van der Waals surface area (Å²) in [4.78, 5) is 0. The van der Waals surface area contributed by atoms with Crippen LogP contribution in [0.1, 0.15) is 18.5 Å². The molecule has 0 fully saturated rings. The molecule has 17 heavy (non-hydrogen) atoms. The van der Waals surface area contributed by atoms with Gasteiger partial charge in [-0.3, -0.25) is 0 Å². The molecular weight excluding hydrogens is 278 g/mol. The molecule has 0 saturated heterocycles. The first-order chi connectivity index (χ1) is 8.16. The van der Waals surface area contributed by atoms with Gasteiger partial charge in [-0.1, -0.05) is 34.1 Å². The third-order valence-electron chi connectivity index (χ3n) is 2.43. The Hall–Kier alpha value is -1.32. The highest BCUT2D eigenvalue weighted by Crippen LogP contribution is 2.31. The first kappa shape index (κ1) is 12.1. The molecule has 0 aliphatic carbocycles. The number of para-hydroxylation sites is 1. The second kappa shape index (κ2) is 5.34. The smallest absolute Gasteiger partial charge is 0.132 e. The minimum atomic E-state index is -0.0637. The Labute approximate surface area is 110 Å². The fraction of sp³-hybridized carbons (Fsp3) is 0.143. The Bertz CT molecular complexity index is 497. The average molecular weight is 292 g/mol. The Kier molecular flexibility index (Phi) is 3.82. The monoisotopic (exact) mass is 291 g/mol. The van der Waals surface area contributed by atoms with Crippen LogP contribution in [0.3, 0.4) is 0 Å². The number of ether oxygens (including phenoxy) is 1. The average Bonchev–Trinajstić information content (AvgIpc) is 2.32. The summed E-state index contributed by atoms with van der Waals surface area (Å²) < 4.78 is 6.83. The van der Waals surface area contributed by atoms with E-state index in [2.05, 4.69) is 15.9 Å². The van der Waals surface area contributed by atoms with Crippen molar-refractivity contribution < 1.29 is 4.74 Å². The maximum atomic E-state index is 5.94. The molecule has 0 heterocycles. The second-order valence-electron chi connectivity index (χ2n) is 3.89. The molecular formula is C14H14BrNO. The predicted molar refractivity (Wildman–Crippen MR) is 73.3 cm³/mol. The maximum absolute atomic E-state index is 5.94. The van der Waals surface area contributed by atoms with Crippen LogP contribution in [0, 0.1) is 0 Å². The van der Waals surface area contributed by atoms with Crippen LogP contribution in [-0.4, -0.2) is 0 Å². The molecule has 0 spiro atoms. The lowest BCUT2D eigenvalue weighted by molar-refractivity contribution is 0.472. The molecule has 1 unspecified atom stereocenters. The Morgan fingerprint density at radius 2 is 1.82 bits per heavy atom. The van der Waals surface area contributed by atoms with Gasteiger partial charge in [-0.05, 0) is 37.3 Å². The molecule has 0 aliphatic heterocycles. The van der Waals surface area contributed by atoms with Crippen LogP contribution in [0.15, 0.2) is 53.0 Å². The first-order valence-electron chi connectivity index (χ1n) is 5.45. The van der Waals surface area contributed by atoms with Gasteiger partial charge in [0, 0.05) is 16.1 Å². The minimum absolute atomic E-state index is 0.0637. The van der Waals surface area contributed by atoms with E-state index >= 15 is 0 Å². The van der Waals surface area contributed by atoms with Crippen molar-refractivity contribution in [3.05, 3.63) is 58.6 Å². The maximum Gasteiger partial charge on any atom is 0.132 e. The van der Waals surface area contributed by atoms with E-state index in [0.29, 0.717) is 0 Å². The van der Waals surface area contributed by atoms with Gasteiger partial charge in [-0.2, -0.15) is 0 Å². The van der Waals surface area contributed by atoms with Crippen molar-refractivity contribution in [2.45, 2.75) is 13.0 Å². The topological polar surface area (TPSA) is 35.2 Å². The molecule has 0 bridgehead atoms. The fourth-order valence-corrected chi connectivity index (χ4v) is 1.96. The number of nitrogens with two attached hydrogens (primary N) is 1. The van der Waals surface area contributed by atoms with Crippen molar-refractivity contribution in [2.75, 3.05) is 0 Å². The van der Waals surface area contributed by atoms with Gasteiger partial charge in [-0.25, -0.2) is 0 Å². The molecule has 0 amide bonds. The van der Waals surface area contributed by atoms with Crippen molar-refractivity contribution in [1.82, 2.24) is 0 Å². The number of hydrogen-bond acceptors (Lipinski definition) is 2. The molecule has 2 aromatic carbocycles. The zero-order valence-electron chi connectivity index (χ0n) is 9.56. The number of benzene rings is 2. The van der Waals surface area contributed by atoms with Crippen molar-refractivity contribution >= 4 is 15.9 Å². The van der Waals surface area contributed by atoms with Crippen LogP contribution in [0.5, 0.6) is 11.5 Å². The Morgan fingerprint density at radius 3 is 2.47 bits per heavy atom. The Morgan fingerprint density at radius 1 is 1.12 bits per heavy atom. The Balaban J connectivity index is 2.33. The molecule has 88 valence electrons. The standard InChI is InChI=1S/C14H14BrNO/c1-10(16)13-9-11(15)7-8-14(13)17-12-5-3-2-4-6-12/h2-10H,16H2,1H3. The first-order valence-corrected chi connectivity index (χ1v) is 6.24. The van der Waals surface area contributed by atoms with E-state index in [1.54, 1.807) is 0 Å². The van der Waals surface area contributed by atoms with Crippen molar-refractivity contribution in [3.8, 4) is 11.5 Å². The van der Waals surface area contributed by atoms with Gasteiger partial charge < -0.3 is 10.5 Å². The van der Waals surface area contributed by atoms with Crippen molar-refractivity contribution in [3.63, 3.8) is 0 Å². The van der Waals surface area contributed by atoms with E-state index in [9.17, 15) is 0 Å². The second-order valence-corrected chi connectivity index (χ2v) is 4.80. The zero-order chi connectivity index (χ0) is 12.3. The molecule has 2 aromatic rings. The van der Waals surface area contributed by atoms with E-state index in [-0.39, 0.29) is 6.04 Å². The normalized spacial score (nSPS) is 12.2. The lowest BCUT2D eigenvalue weighted by Gasteiger charge is -2.14. The zero-order valence-corrected chi connectivity index (χ0v) is 11.1. The highest BCUT2D eigenvalue weighted by atomic mass is 79.9. The van der Waals surface area contributed by atoms with E-state index in [1.165, 1.54) is 0 Å². The third-order valence-corrected chi connectivity index (χ3v) is 2.93. The summed E-state index contributed by atoms with van der Waals surface area (Å²) in [5.74, 6) is 1.62. The van der Waals surface area contributed by atoms with Crippen LogP contribution < -0.4 is 10.5 Å². The van der Waals surface area contributed by atoms with Crippen LogP contribution in [0.25, 0.3) is 0 Å². The van der Waals surface area contributed by atoms with Gasteiger partial charge in [0.2, 0.25) is 0 Å². The summed E-state index contributed by atoms with van der Waals surface area (Å²) in [5.41, 5.74) is 6.93. The summed E-state index contributed by atoms with van der Waals surface area (Å²) in [6, 6.07) is 15.5. The predicted octanol–water partition coefficient (Wildman–Crippen LogP) is 4.26. The molecule has 3 heteroatoms. The molecule has 0 radical (unpaired) electrons. The lowest BCUT2D eigenvalue weighted by atomic mass is 10.1. The number of halogens is 1. The number of hydrogen-bond donors (Lipinski definition) is 1. The van der Waals surface area contributed by atoms with Gasteiger partial charge in [0.25, 0.3) is 0 Å². The highest BCUT2D eigenvalue weighted by Gasteiger charge is 2.09. The van der Waals surface area contributed by atoms with E-state index in [1.807, 2.05) is 55.5 Å². The van der Waals surface area contributed by atoms with Gasteiger partial charge in [0.1, 0.15) is 11.5 Å². The summed E-state index contributed by atoms with van der Waals surface area (Å²) in [7, 11) is 0. The van der Waals surface area contributed by atoms with Gasteiger partial charge >= 0.3 is 0 Å². The van der Waals surface area contributed by atoms with Crippen LogP contribution in [-0.2, 0) is 0 Å². The van der Waals surface area contributed by atoms with Gasteiger partial charge in [-0.15, -0.1) is 0 Å². The molecule has 0 saturated carbocycles. The van der Waals surface area contributed by atoms with Crippen molar-refractivity contribution in [1.29, 1.82) is 0 Å². The lowest BCUT2D eigenvalue weighted by Crippen LogP contribution is -2.06. The summed E-state index contributed by atoms with van der Waals surface area (Å²) >= 11 is 3.44. The largest absolute Gasteiger partial charge is 0.457 e. The summed E-state index contributed by atoms with van der Waals surface area (Å²) in [6.07, 6.45) is 0. The van der Waals surface area contributed by atoms with E-state index in [4.69, 9.17) is 10.5 Å². The molecule has 2 N–H and O–H groups in total. The number of rotatable bonds is 3. The van der Waals surface area contributed by atoms with E-state index in [0.717, 1.165) is 21.5 Å². The van der Waals surface area contributed by atoms with Crippen LogP contribution in [0.4, 0.5) is 0 Å². The third kappa shape index (κ3) is 3.08. The molecule has 1 atom stereocenters. The van der Waals surface area contributed by atoms with Crippen molar-refractivity contribution in [2.24, 2.45) is 5.73 Å². The van der Waals surface area contributed by atoms with Crippen LogP contribution in [0.2, 0.25) is 0 Å². The van der Waals surface area contributed by atoms with Gasteiger partial charge in [0.05, 0.1) is 0 Å². The fourth-order valence-electron chi connectivity index (χ4n) is 1.58. The summed E-state index contributed by atoms with van der Waals surface area (Å²) in [6.45, 7) is 1.94. The molecule has 2 rings (SSSR count). The highest BCUT2D eigenvalue weighted by molar-refractivity contribution is 9.10. The minimum Gasteiger partial charge on any atom is -0.457 e.